The zero-order chi connectivity index (χ0) is 14.9. The number of rotatable bonds is 2. The molecule has 3 unspecified atom stereocenters. The van der Waals surface area contributed by atoms with E-state index in [1.165, 1.54) is 0 Å². The van der Waals surface area contributed by atoms with Crippen LogP contribution in [0, 0.1) is 5.92 Å². The Bertz CT molecular complexity index is 471. The third-order valence-electron chi connectivity index (χ3n) is 4.18. The van der Waals surface area contributed by atoms with Crippen LogP contribution in [0.1, 0.15) is 49.4 Å². The number of aromatic nitrogens is 2. The van der Waals surface area contributed by atoms with E-state index in [-0.39, 0.29) is 24.8 Å². The minimum atomic E-state index is -4.14. The normalized spacial score (nSPS) is 31.3. The van der Waals surface area contributed by atoms with Crippen molar-refractivity contribution < 1.29 is 22.4 Å². The fourth-order valence-electron chi connectivity index (χ4n) is 3.00. The Morgan fingerprint density at radius 2 is 2.10 bits per heavy atom. The van der Waals surface area contributed by atoms with Gasteiger partial charge in [0.25, 0.3) is 0 Å². The Balaban J connectivity index is 1.67. The van der Waals surface area contributed by atoms with Crippen molar-refractivity contribution in [3.63, 3.8) is 0 Å². The molecule has 1 aliphatic heterocycles. The van der Waals surface area contributed by atoms with Gasteiger partial charge in [-0.2, -0.15) is 18.2 Å². The van der Waals surface area contributed by atoms with Crippen LogP contribution < -0.4 is 5.32 Å². The highest BCUT2D eigenvalue weighted by Gasteiger charge is 2.43. The molecule has 2 heterocycles. The molecule has 8 heteroatoms. The van der Waals surface area contributed by atoms with E-state index in [1.807, 2.05) is 0 Å². The number of morpholine rings is 1. The maximum absolute atomic E-state index is 12.8. The lowest BCUT2D eigenvalue weighted by Crippen LogP contribution is -2.35. The molecule has 1 saturated heterocycles. The molecule has 2 aliphatic rings. The molecule has 21 heavy (non-hydrogen) atoms. The first-order valence-corrected chi connectivity index (χ1v) is 7.25. The van der Waals surface area contributed by atoms with Crippen molar-refractivity contribution in [1.82, 2.24) is 15.5 Å². The van der Waals surface area contributed by atoms with Crippen LogP contribution in [-0.2, 0) is 4.74 Å². The van der Waals surface area contributed by atoms with Gasteiger partial charge in [0.05, 0.1) is 25.2 Å². The molecule has 3 atom stereocenters. The summed E-state index contributed by atoms with van der Waals surface area (Å²) in [5.74, 6) is -0.760. The van der Waals surface area contributed by atoms with Gasteiger partial charge in [-0.3, -0.25) is 0 Å². The third kappa shape index (κ3) is 3.37. The second-order valence-corrected chi connectivity index (χ2v) is 5.67. The number of alkyl halides is 3. The fraction of sp³-hybridized carbons (Fsp3) is 0.846. The highest BCUT2D eigenvalue weighted by atomic mass is 19.4. The van der Waals surface area contributed by atoms with Crippen LogP contribution in [0.15, 0.2) is 4.52 Å². The van der Waals surface area contributed by atoms with Crippen LogP contribution in [-0.4, -0.2) is 36.1 Å². The minimum Gasteiger partial charge on any atom is -0.378 e. The molecule has 1 aromatic rings. The van der Waals surface area contributed by atoms with Crippen LogP contribution in [0.4, 0.5) is 13.2 Å². The Kier molecular flexibility index (Phi) is 4.17. The van der Waals surface area contributed by atoms with Gasteiger partial charge in [0.2, 0.25) is 5.89 Å². The average molecular weight is 305 g/mol. The SMILES string of the molecule is FC(F)(F)C1CCCC(c2nc(C3COCCN3)no2)C1. The van der Waals surface area contributed by atoms with Gasteiger partial charge in [-0.05, 0) is 19.3 Å². The highest BCUT2D eigenvalue weighted by Crippen LogP contribution is 2.43. The van der Waals surface area contributed by atoms with E-state index in [9.17, 15) is 13.2 Å². The summed E-state index contributed by atoms with van der Waals surface area (Å²) >= 11 is 0. The molecule has 5 nitrogen and oxygen atoms in total. The lowest BCUT2D eigenvalue weighted by Gasteiger charge is -2.28. The van der Waals surface area contributed by atoms with E-state index in [1.54, 1.807) is 0 Å². The molecule has 0 bridgehead atoms. The maximum Gasteiger partial charge on any atom is 0.391 e. The smallest absolute Gasteiger partial charge is 0.378 e. The van der Waals surface area contributed by atoms with Gasteiger partial charge >= 0.3 is 6.18 Å². The molecule has 1 saturated carbocycles. The number of halogens is 3. The molecule has 1 aromatic heterocycles. The predicted molar refractivity (Wildman–Crippen MR) is 66.6 cm³/mol. The Hall–Kier alpha value is -1.15. The Labute approximate surface area is 120 Å². The predicted octanol–water partition coefficient (Wildman–Crippen LogP) is 2.57. The summed E-state index contributed by atoms with van der Waals surface area (Å²) in [4.78, 5) is 4.29. The minimum absolute atomic E-state index is 0.0414. The van der Waals surface area contributed by atoms with E-state index in [4.69, 9.17) is 9.26 Å². The Morgan fingerprint density at radius 1 is 1.24 bits per heavy atom. The molecule has 1 aliphatic carbocycles. The van der Waals surface area contributed by atoms with E-state index in [0.29, 0.717) is 44.3 Å². The van der Waals surface area contributed by atoms with Crippen LogP contribution in [0.3, 0.4) is 0 Å². The van der Waals surface area contributed by atoms with Gasteiger partial charge in [-0.1, -0.05) is 11.6 Å². The first-order chi connectivity index (χ1) is 10.0. The summed E-state index contributed by atoms with van der Waals surface area (Å²) in [6.07, 6.45) is -2.70. The molecular formula is C13H18F3N3O2. The monoisotopic (exact) mass is 305 g/mol. The number of hydrogen-bond donors (Lipinski definition) is 1. The van der Waals surface area contributed by atoms with Gasteiger partial charge in [0, 0.05) is 12.5 Å². The second-order valence-electron chi connectivity index (χ2n) is 5.67. The molecule has 0 amide bonds. The number of ether oxygens (including phenoxy) is 1. The highest BCUT2D eigenvalue weighted by molar-refractivity contribution is 5.01. The van der Waals surface area contributed by atoms with Crippen molar-refractivity contribution in [3.05, 3.63) is 11.7 Å². The lowest BCUT2D eigenvalue weighted by atomic mass is 9.81. The third-order valence-corrected chi connectivity index (χ3v) is 4.18. The largest absolute Gasteiger partial charge is 0.391 e. The Morgan fingerprint density at radius 3 is 2.81 bits per heavy atom. The quantitative estimate of drug-likeness (QED) is 0.910. The van der Waals surface area contributed by atoms with Crippen molar-refractivity contribution in [2.45, 2.75) is 43.8 Å². The summed E-state index contributed by atoms with van der Waals surface area (Å²) in [6.45, 7) is 1.79. The maximum atomic E-state index is 12.8. The van der Waals surface area contributed by atoms with E-state index < -0.39 is 12.1 Å². The van der Waals surface area contributed by atoms with E-state index >= 15 is 0 Å². The van der Waals surface area contributed by atoms with Gasteiger partial charge in [-0.15, -0.1) is 0 Å². The summed E-state index contributed by atoms with van der Waals surface area (Å²) in [6, 6.07) is -0.141. The van der Waals surface area contributed by atoms with Crippen molar-refractivity contribution in [2.24, 2.45) is 5.92 Å². The zero-order valence-electron chi connectivity index (χ0n) is 11.5. The second kappa shape index (κ2) is 5.92. The molecule has 0 aromatic carbocycles. The van der Waals surface area contributed by atoms with Crippen LogP contribution in [0.25, 0.3) is 0 Å². The standard InChI is InChI=1S/C13H18F3N3O2/c14-13(15,16)9-3-1-2-8(6-9)12-18-11(19-21-12)10-7-20-5-4-17-10/h8-10,17H,1-7H2. The summed E-state index contributed by atoms with van der Waals surface area (Å²) in [7, 11) is 0. The fourth-order valence-corrected chi connectivity index (χ4v) is 3.00. The van der Waals surface area contributed by atoms with Gasteiger partial charge < -0.3 is 14.6 Å². The van der Waals surface area contributed by atoms with E-state index in [2.05, 4.69) is 15.5 Å². The summed E-state index contributed by atoms with van der Waals surface area (Å²) in [5.41, 5.74) is 0. The summed E-state index contributed by atoms with van der Waals surface area (Å²) in [5, 5.41) is 7.09. The number of nitrogens with one attached hydrogen (secondary N) is 1. The summed E-state index contributed by atoms with van der Waals surface area (Å²) < 4.78 is 49.0. The number of hydrogen-bond acceptors (Lipinski definition) is 5. The molecule has 0 spiro atoms. The molecule has 3 rings (SSSR count). The molecular weight excluding hydrogens is 287 g/mol. The first kappa shape index (κ1) is 14.8. The van der Waals surface area contributed by atoms with Crippen molar-refractivity contribution in [1.29, 1.82) is 0 Å². The number of nitrogens with zero attached hydrogens (tertiary/aromatic N) is 2. The van der Waals surface area contributed by atoms with Crippen molar-refractivity contribution in [3.8, 4) is 0 Å². The molecule has 2 fully saturated rings. The molecule has 1 N–H and O–H groups in total. The lowest BCUT2D eigenvalue weighted by molar-refractivity contribution is -0.183. The van der Waals surface area contributed by atoms with E-state index in [0.717, 1.165) is 0 Å². The average Bonchev–Trinajstić information content (AvgIpc) is 2.97. The zero-order valence-corrected chi connectivity index (χ0v) is 11.5. The van der Waals surface area contributed by atoms with Crippen molar-refractivity contribution >= 4 is 0 Å². The van der Waals surface area contributed by atoms with Crippen LogP contribution in [0.5, 0.6) is 0 Å². The van der Waals surface area contributed by atoms with Gasteiger partial charge in [-0.25, -0.2) is 0 Å². The van der Waals surface area contributed by atoms with Crippen molar-refractivity contribution in [2.75, 3.05) is 19.8 Å². The van der Waals surface area contributed by atoms with Gasteiger partial charge in [0.15, 0.2) is 5.82 Å². The topological polar surface area (TPSA) is 60.2 Å². The first-order valence-electron chi connectivity index (χ1n) is 7.25. The van der Waals surface area contributed by atoms with Crippen LogP contribution in [0.2, 0.25) is 0 Å². The van der Waals surface area contributed by atoms with Gasteiger partial charge in [0.1, 0.15) is 0 Å². The molecule has 0 radical (unpaired) electrons. The van der Waals surface area contributed by atoms with Crippen LogP contribution >= 0.6 is 0 Å². The molecule has 118 valence electrons.